The van der Waals surface area contributed by atoms with Gasteiger partial charge in [-0.2, -0.15) is 0 Å². The van der Waals surface area contributed by atoms with E-state index < -0.39 is 6.04 Å². The smallest absolute Gasteiger partial charge is 0.251 e. The zero-order valence-corrected chi connectivity index (χ0v) is 16.9. The number of hydrogen-bond donors (Lipinski definition) is 3. The van der Waals surface area contributed by atoms with Gasteiger partial charge >= 0.3 is 0 Å². The molecule has 0 unspecified atom stereocenters. The number of carbonyl (C=O) groups excluding carboxylic acids is 3. The van der Waals surface area contributed by atoms with Gasteiger partial charge in [0.15, 0.2) is 0 Å². The minimum Gasteiger partial charge on any atom is -0.352 e. The summed E-state index contributed by atoms with van der Waals surface area (Å²) < 4.78 is 0. The third kappa shape index (κ3) is 6.38. The number of carbonyl (C=O) groups is 3. The van der Waals surface area contributed by atoms with E-state index in [1.54, 1.807) is 12.1 Å². The Labute approximate surface area is 161 Å². The molecule has 3 N–H and O–H groups in total. The number of amides is 3. The highest BCUT2D eigenvalue weighted by Crippen LogP contribution is 2.22. The van der Waals surface area contributed by atoms with Crippen molar-refractivity contribution < 1.29 is 14.4 Å². The predicted octanol–water partition coefficient (Wildman–Crippen LogP) is 2.13. The van der Waals surface area contributed by atoms with Gasteiger partial charge in [0.25, 0.3) is 5.91 Å². The van der Waals surface area contributed by atoms with Crippen molar-refractivity contribution in [3.8, 4) is 0 Å². The van der Waals surface area contributed by atoms with Gasteiger partial charge in [-0.05, 0) is 41.9 Å². The van der Waals surface area contributed by atoms with Crippen molar-refractivity contribution in [3.63, 3.8) is 0 Å². The molecule has 0 spiro atoms. The Balaban J connectivity index is 1.94. The largest absolute Gasteiger partial charge is 0.352 e. The molecule has 1 atom stereocenters. The summed E-state index contributed by atoms with van der Waals surface area (Å²) in [4.78, 5) is 36.7. The molecule has 1 aliphatic rings. The molecule has 2 rings (SSSR count). The van der Waals surface area contributed by atoms with Crippen molar-refractivity contribution in [3.05, 3.63) is 35.4 Å². The lowest BCUT2D eigenvalue weighted by Crippen LogP contribution is -2.51. The van der Waals surface area contributed by atoms with Crippen molar-refractivity contribution in [1.29, 1.82) is 0 Å². The van der Waals surface area contributed by atoms with Crippen LogP contribution in [0.2, 0.25) is 0 Å². The van der Waals surface area contributed by atoms with Crippen LogP contribution in [0.3, 0.4) is 0 Å². The summed E-state index contributed by atoms with van der Waals surface area (Å²) in [6.45, 7) is 9.98. The Morgan fingerprint density at radius 2 is 1.67 bits per heavy atom. The fourth-order valence-corrected chi connectivity index (χ4v) is 2.66. The maximum absolute atomic E-state index is 12.5. The molecule has 1 aromatic carbocycles. The van der Waals surface area contributed by atoms with Gasteiger partial charge in [0.2, 0.25) is 11.8 Å². The van der Waals surface area contributed by atoms with E-state index in [9.17, 15) is 14.4 Å². The van der Waals surface area contributed by atoms with Gasteiger partial charge < -0.3 is 16.0 Å². The van der Waals surface area contributed by atoms with Crippen LogP contribution in [0, 0.1) is 5.92 Å². The Bertz CT molecular complexity index is 686. The molecule has 6 nitrogen and oxygen atoms in total. The van der Waals surface area contributed by atoms with E-state index in [-0.39, 0.29) is 41.6 Å². The quantitative estimate of drug-likeness (QED) is 0.684. The first kappa shape index (κ1) is 20.9. The molecule has 1 aliphatic carbocycles. The summed E-state index contributed by atoms with van der Waals surface area (Å²) >= 11 is 0. The lowest BCUT2D eigenvalue weighted by Gasteiger charge is -2.22. The van der Waals surface area contributed by atoms with Gasteiger partial charge in [0.1, 0.15) is 6.04 Å². The SMILES string of the molecule is CC(C)[C@H](NC(=O)c1ccc(C(C)(C)C)cc1)C(=O)NCC(=O)NC1CC1. The minimum absolute atomic E-state index is 0.0103. The molecule has 1 aromatic rings. The maximum Gasteiger partial charge on any atom is 0.251 e. The van der Waals surface area contributed by atoms with Gasteiger partial charge in [-0.15, -0.1) is 0 Å². The van der Waals surface area contributed by atoms with Crippen LogP contribution in [0.5, 0.6) is 0 Å². The summed E-state index contributed by atoms with van der Waals surface area (Å²) in [5.74, 6) is -0.950. The standard InChI is InChI=1S/C21H31N3O3/c1-13(2)18(20(27)22-12-17(25)23-16-10-11-16)24-19(26)14-6-8-15(9-7-14)21(3,4)5/h6-9,13,16,18H,10-12H2,1-5H3,(H,22,27)(H,23,25)(H,24,26)/t18-/m0/s1. The van der Waals surface area contributed by atoms with Crippen LogP contribution >= 0.6 is 0 Å². The average Bonchev–Trinajstić information content (AvgIpc) is 3.40. The summed E-state index contributed by atoms with van der Waals surface area (Å²) in [5, 5.41) is 8.22. The molecule has 0 heterocycles. The molecule has 0 aromatic heterocycles. The molecular weight excluding hydrogens is 342 g/mol. The number of rotatable bonds is 7. The Morgan fingerprint density at radius 3 is 2.15 bits per heavy atom. The summed E-state index contributed by atoms with van der Waals surface area (Å²) in [6, 6.07) is 6.96. The predicted molar refractivity (Wildman–Crippen MR) is 105 cm³/mol. The second kappa shape index (κ2) is 8.55. The first-order valence-corrected chi connectivity index (χ1v) is 9.56. The molecule has 0 saturated heterocycles. The summed E-state index contributed by atoms with van der Waals surface area (Å²) in [7, 11) is 0. The second-order valence-corrected chi connectivity index (χ2v) is 8.58. The van der Waals surface area contributed by atoms with Crippen molar-refractivity contribution >= 4 is 17.7 Å². The van der Waals surface area contributed by atoms with Gasteiger partial charge in [-0.1, -0.05) is 46.8 Å². The number of benzene rings is 1. The monoisotopic (exact) mass is 373 g/mol. The van der Waals surface area contributed by atoms with Crippen LogP contribution < -0.4 is 16.0 Å². The fraction of sp³-hybridized carbons (Fsp3) is 0.571. The molecule has 6 heteroatoms. The average molecular weight is 373 g/mol. The van der Waals surface area contributed by atoms with Crippen LogP contribution in [0.15, 0.2) is 24.3 Å². The molecule has 1 fully saturated rings. The van der Waals surface area contributed by atoms with Crippen molar-refractivity contribution in [2.45, 2.75) is 65.0 Å². The topological polar surface area (TPSA) is 87.3 Å². The molecule has 27 heavy (non-hydrogen) atoms. The second-order valence-electron chi connectivity index (χ2n) is 8.58. The van der Waals surface area contributed by atoms with Crippen LogP contribution in [0.25, 0.3) is 0 Å². The van der Waals surface area contributed by atoms with E-state index in [2.05, 4.69) is 36.7 Å². The normalized spacial score (nSPS) is 15.2. The Kier molecular flexibility index (Phi) is 6.63. The minimum atomic E-state index is -0.700. The van der Waals surface area contributed by atoms with E-state index in [1.807, 2.05) is 26.0 Å². The lowest BCUT2D eigenvalue weighted by atomic mass is 9.86. The number of nitrogens with one attached hydrogen (secondary N) is 3. The molecule has 148 valence electrons. The van der Waals surface area contributed by atoms with Gasteiger partial charge in [-0.25, -0.2) is 0 Å². The van der Waals surface area contributed by atoms with E-state index in [0.29, 0.717) is 5.56 Å². The molecule has 1 saturated carbocycles. The molecular formula is C21H31N3O3. The maximum atomic E-state index is 12.5. The Morgan fingerprint density at radius 1 is 1.07 bits per heavy atom. The third-order valence-corrected chi connectivity index (χ3v) is 4.61. The van der Waals surface area contributed by atoms with Gasteiger partial charge in [0, 0.05) is 11.6 Å². The van der Waals surface area contributed by atoms with E-state index in [0.717, 1.165) is 18.4 Å². The van der Waals surface area contributed by atoms with Crippen molar-refractivity contribution in [2.75, 3.05) is 6.54 Å². The van der Waals surface area contributed by atoms with Crippen molar-refractivity contribution in [1.82, 2.24) is 16.0 Å². The van der Waals surface area contributed by atoms with E-state index in [4.69, 9.17) is 0 Å². The fourth-order valence-electron chi connectivity index (χ4n) is 2.66. The summed E-state index contributed by atoms with van der Waals surface area (Å²) in [5.41, 5.74) is 1.66. The van der Waals surface area contributed by atoms with Crippen LogP contribution in [-0.4, -0.2) is 36.3 Å². The highest BCUT2D eigenvalue weighted by molar-refractivity contribution is 5.98. The van der Waals surface area contributed by atoms with Crippen LogP contribution in [-0.2, 0) is 15.0 Å². The van der Waals surface area contributed by atoms with E-state index in [1.165, 1.54) is 0 Å². The van der Waals surface area contributed by atoms with E-state index >= 15 is 0 Å². The zero-order valence-electron chi connectivity index (χ0n) is 16.9. The highest BCUT2D eigenvalue weighted by Gasteiger charge is 2.27. The first-order chi connectivity index (χ1) is 12.6. The third-order valence-electron chi connectivity index (χ3n) is 4.61. The van der Waals surface area contributed by atoms with Gasteiger partial charge in [-0.3, -0.25) is 14.4 Å². The molecule has 3 amide bonds. The lowest BCUT2D eigenvalue weighted by molar-refractivity contribution is -0.127. The molecule has 0 bridgehead atoms. The first-order valence-electron chi connectivity index (χ1n) is 9.56. The highest BCUT2D eigenvalue weighted by atomic mass is 16.2. The molecule has 0 aliphatic heterocycles. The molecule has 0 radical (unpaired) electrons. The zero-order chi connectivity index (χ0) is 20.2. The van der Waals surface area contributed by atoms with Crippen LogP contribution in [0.4, 0.5) is 0 Å². The van der Waals surface area contributed by atoms with Crippen LogP contribution in [0.1, 0.15) is 63.4 Å². The number of hydrogen-bond acceptors (Lipinski definition) is 3. The summed E-state index contributed by atoms with van der Waals surface area (Å²) in [6.07, 6.45) is 2.00. The van der Waals surface area contributed by atoms with Gasteiger partial charge in [0.05, 0.1) is 6.54 Å². The van der Waals surface area contributed by atoms with Crippen molar-refractivity contribution in [2.24, 2.45) is 5.92 Å². The Hall–Kier alpha value is -2.37.